The Bertz CT molecular complexity index is 180. The Morgan fingerprint density at radius 1 is 0.667 bits per heavy atom. The molecule has 0 aromatic carbocycles. The molecule has 0 aliphatic carbocycles. The van der Waals surface area contributed by atoms with Gasteiger partial charge in [0.05, 0.1) is 0 Å². The summed E-state index contributed by atoms with van der Waals surface area (Å²) >= 11 is 0. The maximum Gasteiger partial charge on any atom is 1.00 e. The van der Waals surface area contributed by atoms with Gasteiger partial charge in [-0.1, -0.05) is 0 Å². The molecule has 0 rings (SSSR count). The predicted octanol–water partition coefficient (Wildman–Crippen LogP) is -18.1. The monoisotopic (exact) mass is 322 g/mol. The first kappa shape index (κ1) is 42.9. The van der Waals surface area contributed by atoms with E-state index in [1.165, 1.54) is 0 Å². The van der Waals surface area contributed by atoms with Crippen LogP contribution in [-0.2, 0) is 13.4 Å². The maximum atomic E-state index is 9.63. The van der Waals surface area contributed by atoms with Gasteiger partial charge in [0.25, 0.3) is 0 Å². The average molecular weight is 322 g/mol. The first-order valence-corrected chi connectivity index (χ1v) is 4.59. The van der Waals surface area contributed by atoms with Crippen molar-refractivity contribution in [3.63, 3.8) is 0 Å². The minimum absolute atomic E-state index is 0. The molecule has 7 nitrogen and oxygen atoms in total. The summed E-state index contributed by atoms with van der Waals surface area (Å²) < 4.78 is 22.2. The molecule has 0 saturated carbocycles. The number of phosphoric acid groups is 2. The van der Waals surface area contributed by atoms with Crippen LogP contribution in [0.5, 0.6) is 0 Å². The van der Waals surface area contributed by atoms with E-state index >= 15 is 0 Å². The molecule has 0 atom stereocenters. The van der Waals surface area contributed by atoms with E-state index in [0.29, 0.717) is 0 Å². The Kier molecular flexibility index (Phi) is 58.0. The van der Waals surface area contributed by atoms with Gasteiger partial charge >= 0.3 is 193 Å². The molecule has 0 aromatic rings. The van der Waals surface area contributed by atoms with Gasteiger partial charge in [-0.3, -0.25) is 0 Å². The largest absolute Gasteiger partial charge is 1.00 e. The molecule has 15 heteroatoms. The van der Waals surface area contributed by atoms with Crippen LogP contribution in [0.25, 0.3) is 0 Å². The second kappa shape index (κ2) is 20.3. The topological polar surface area (TPSA) is 124 Å². The van der Waals surface area contributed by atoms with E-state index < -0.39 is 15.6 Å². The van der Waals surface area contributed by atoms with Crippen molar-refractivity contribution in [1.29, 1.82) is 0 Å². The van der Waals surface area contributed by atoms with Gasteiger partial charge in [-0.15, -0.1) is 0 Å². The van der Waals surface area contributed by atoms with Crippen LogP contribution in [0.4, 0.5) is 0 Å². The smallest absolute Gasteiger partial charge is 1.00 e. The Morgan fingerprint density at radius 2 is 0.800 bits per heavy atom. The molecule has 0 fully saturated rings. The molecule has 0 heterocycles. The molecule has 0 radical (unpaired) electrons. The Balaban J connectivity index is -0.00000000485. The van der Waals surface area contributed by atoms with Crippen LogP contribution in [0.15, 0.2) is 0 Å². The summed E-state index contributed by atoms with van der Waals surface area (Å²) in [5.74, 6) is 0. The van der Waals surface area contributed by atoms with E-state index in [1.807, 2.05) is 0 Å². The predicted molar refractivity (Wildman–Crippen MR) is 31.8 cm³/mol. The Hall–Kier alpha value is 6.26. The van der Waals surface area contributed by atoms with Gasteiger partial charge in [0.15, 0.2) is 0 Å². The Labute approximate surface area is 229 Å². The molecule has 0 aromatic heterocycles. The van der Waals surface area contributed by atoms with Gasteiger partial charge in [-0.05, 0) is 0 Å². The molecule has 0 bridgehead atoms. The molecule has 0 aliphatic rings. The molecule has 68 valence electrons. The number of hydrogen-bond donors (Lipinski definition) is 4. The summed E-state index contributed by atoms with van der Waals surface area (Å²) in [6.45, 7) is 0. The third-order valence-corrected chi connectivity index (χ3v) is 1.91. The summed E-state index contributed by atoms with van der Waals surface area (Å²) in [4.78, 5) is 31.0. The molecule has 0 spiro atoms. The van der Waals surface area contributed by atoms with Crippen LogP contribution in [0.2, 0.25) is 0 Å². The van der Waals surface area contributed by atoms with E-state index in [1.54, 1.807) is 0 Å². The quantitative estimate of drug-likeness (QED) is 0.294. The van der Waals surface area contributed by atoms with Crippen molar-refractivity contribution < 1.29 is 219 Å². The fourth-order valence-corrected chi connectivity index (χ4v) is 1.25. The first-order chi connectivity index (χ1) is 3.71. The minimum atomic E-state index is -5.05. The van der Waals surface area contributed by atoms with Gasteiger partial charge in [0.2, 0.25) is 0 Å². The Morgan fingerprint density at radius 3 is 0.800 bits per heavy atom. The van der Waals surface area contributed by atoms with E-state index in [4.69, 9.17) is 19.6 Å². The van der Waals surface area contributed by atoms with Gasteiger partial charge in [-0.2, -0.15) is 4.31 Å². The van der Waals surface area contributed by atoms with Crippen LogP contribution in [0.3, 0.4) is 0 Å². The summed E-state index contributed by atoms with van der Waals surface area (Å²) in [7, 11) is -10.1. The van der Waals surface area contributed by atoms with E-state index in [2.05, 4.69) is 4.31 Å². The fourth-order valence-electron chi connectivity index (χ4n) is 0.139. The van der Waals surface area contributed by atoms with Crippen LogP contribution in [0.1, 0.15) is 8.56 Å². The third-order valence-electron chi connectivity index (χ3n) is 0.213. The van der Waals surface area contributed by atoms with E-state index in [-0.39, 0.29) is 186 Å². The molecule has 15 heavy (non-hydrogen) atoms. The van der Waals surface area contributed by atoms with Gasteiger partial charge in [-0.25, -0.2) is 9.13 Å². The van der Waals surface area contributed by atoms with E-state index in [0.717, 1.165) is 0 Å². The molecule has 0 unspecified atom stereocenters. The van der Waals surface area contributed by atoms with Crippen molar-refractivity contribution >= 4 is 15.6 Å². The van der Waals surface area contributed by atoms with Crippen LogP contribution in [-0.4, -0.2) is 19.6 Å². The van der Waals surface area contributed by atoms with Crippen LogP contribution in [0, 0.1) is 0 Å². The van der Waals surface area contributed by atoms with Gasteiger partial charge in [0, 0.05) is 0 Å². The van der Waals surface area contributed by atoms with Crippen molar-refractivity contribution in [2.24, 2.45) is 0 Å². The van der Waals surface area contributed by atoms with Crippen LogP contribution < -0.4 is 177 Å². The van der Waals surface area contributed by atoms with Crippen molar-refractivity contribution in [2.75, 3.05) is 0 Å². The van der Waals surface area contributed by atoms with Crippen LogP contribution >= 0.6 is 15.6 Å². The normalized spacial score (nSPS) is 8.27. The van der Waals surface area contributed by atoms with E-state index in [9.17, 15) is 9.13 Å². The van der Waals surface area contributed by atoms with Crippen molar-refractivity contribution in [3.8, 4) is 0 Å². The summed E-state index contributed by atoms with van der Waals surface area (Å²) in [6, 6.07) is 0. The zero-order valence-corrected chi connectivity index (χ0v) is 23.7. The van der Waals surface area contributed by atoms with Crippen molar-refractivity contribution in [2.45, 2.75) is 0 Å². The second-order valence-electron chi connectivity index (χ2n) is 1.06. The average Bonchev–Trinajstić information content (AvgIpc) is 1.14. The molecule has 0 aliphatic heterocycles. The molecular weight excluding hydrogens is 312 g/mol. The van der Waals surface area contributed by atoms with Gasteiger partial charge < -0.3 is 28.1 Å². The molecular formula is H10Na6O7P2. The van der Waals surface area contributed by atoms with Crippen molar-refractivity contribution in [3.05, 3.63) is 0 Å². The zero-order chi connectivity index (χ0) is 7.71. The number of rotatable bonds is 2. The minimum Gasteiger partial charge on any atom is -1.00 e. The molecule has 0 saturated heterocycles. The zero-order valence-electron chi connectivity index (χ0n) is 15.9. The summed E-state index contributed by atoms with van der Waals surface area (Å²) in [5, 5.41) is 0. The molecule has 4 N–H and O–H groups in total. The number of hydrogen-bond acceptors (Lipinski definition) is 3. The first-order valence-electron chi connectivity index (χ1n) is 1.53. The summed E-state index contributed by atoms with van der Waals surface area (Å²) in [6.07, 6.45) is 0. The maximum absolute atomic E-state index is 9.63. The fraction of sp³-hybridized carbons (Fsp3) is 0. The molecule has 0 amide bonds. The van der Waals surface area contributed by atoms with Gasteiger partial charge in [0.1, 0.15) is 0 Å². The second-order valence-corrected chi connectivity index (χ2v) is 3.68. The summed E-state index contributed by atoms with van der Waals surface area (Å²) in [5.41, 5.74) is 0. The SMILES string of the molecule is O=P(O)(O)OP(=O)(O)O.[H-].[H-].[H-].[H-].[H-].[H-].[Na+].[Na+].[Na+].[Na+].[Na+].[Na+]. The standard InChI is InChI=1S/6Na.H4O7P2.6H/c;;;;;;1-8(2,3)7-9(4,5)6;;;;;;/h;;;;;;(H2,1,2,3)(H2,4,5,6);;;;;;/q6*+1;;6*-1. The third kappa shape index (κ3) is 44.9. The van der Waals surface area contributed by atoms with Crippen molar-refractivity contribution in [1.82, 2.24) is 0 Å².